The summed E-state index contributed by atoms with van der Waals surface area (Å²) in [5, 5.41) is 0. The standard InChI is InChI=1S/C8H13N/c1-2-9-7-5-3-4-6-8-9/h3-5,7H,2,6,8H2,1H3. The van der Waals surface area contributed by atoms with Crippen LogP contribution in [0, 0.1) is 0 Å². The van der Waals surface area contributed by atoms with Crippen LogP contribution in [-0.2, 0) is 0 Å². The highest BCUT2D eigenvalue weighted by atomic mass is 15.1. The minimum absolute atomic E-state index is 1.12. The zero-order valence-corrected chi connectivity index (χ0v) is 5.88. The zero-order valence-electron chi connectivity index (χ0n) is 5.88. The maximum absolute atomic E-state index is 2.31. The lowest BCUT2D eigenvalue weighted by Crippen LogP contribution is -2.16. The molecule has 1 rings (SSSR count). The van der Waals surface area contributed by atoms with Crippen LogP contribution in [0.3, 0.4) is 0 Å². The first-order chi connectivity index (χ1) is 4.43. The van der Waals surface area contributed by atoms with E-state index in [9.17, 15) is 0 Å². The van der Waals surface area contributed by atoms with Crippen molar-refractivity contribution < 1.29 is 0 Å². The molecule has 1 aliphatic rings. The highest BCUT2D eigenvalue weighted by Gasteiger charge is 1.93. The van der Waals surface area contributed by atoms with Gasteiger partial charge in [-0.25, -0.2) is 0 Å². The molecule has 1 aliphatic heterocycles. The molecule has 1 heterocycles. The molecular formula is C8H13N. The van der Waals surface area contributed by atoms with E-state index in [4.69, 9.17) is 0 Å². The van der Waals surface area contributed by atoms with Crippen molar-refractivity contribution in [2.24, 2.45) is 0 Å². The molecule has 0 saturated heterocycles. The number of rotatable bonds is 1. The third kappa shape index (κ3) is 1.92. The summed E-state index contributed by atoms with van der Waals surface area (Å²) in [6.45, 7) is 4.47. The molecule has 1 nitrogen and oxygen atoms in total. The van der Waals surface area contributed by atoms with Crippen molar-refractivity contribution in [3.05, 3.63) is 24.4 Å². The molecule has 0 aliphatic carbocycles. The molecule has 0 saturated carbocycles. The molecule has 0 N–H and O–H groups in total. The van der Waals surface area contributed by atoms with Crippen LogP contribution in [-0.4, -0.2) is 18.0 Å². The van der Waals surface area contributed by atoms with Gasteiger partial charge in [-0.05, 0) is 25.6 Å². The molecule has 0 aromatic rings. The Morgan fingerprint density at radius 1 is 1.44 bits per heavy atom. The van der Waals surface area contributed by atoms with Crippen molar-refractivity contribution in [3.8, 4) is 0 Å². The van der Waals surface area contributed by atoms with Crippen molar-refractivity contribution in [3.63, 3.8) is 0 Å². The number of hydrogen-bond donors (Lipinski definition) is 0. The van der Waals surface area contributed by atoms with Crippen LogP contribution in [0.25, 0.3) is 0 Å². The van der Waals surface area contributed by atoms with Gasteiger partial charge >= 0.3 is 0 Å². The lowest BCUT2D eigenvalue weighted by atomic mass is 10.4. The van der Waals surface area contributed by atoms with E-state index in [0.29, 0.717) is 0 Å². The lowest BCUT2D eigenvalue weighted by Gasteiger charge is -2.14. The SMILES string of the molecule is CCN1C=CC=CCC1. The summed E-state index contributed by atoms with van der Waals surface area (Å²) < 4.78 is 0. The van der Waals surface area contributed by atoms with E-state index in [2.05, 4.69) is 36.3 Å². The summed E-state index contributed by atoms with van der Waals surface area (Å²) in [5.41, 5.74) is 0. The van der Waals surface area contributed by atoms with E-state index in [0.717, 1.165) is 6.54 Å². The summed E-state index contributed by atoms with van der Waals surface area (Å²) in [4.78, 5) is 2.31. The molecule has 0 fully saturated rings. The normalized spacial score (nSPS) is 18.1. The number of nitrogens with zero attached hydrogens (tertiary/aromatic N) is 1. The quantitative estimate of drug-likeness (QED) is 0.513. The van der Waals surface area contributed by atoms with Gasteiger partial charge in [0, 0.05) is 13.1 Å². The van der Waals surface area contributed by atoms with Gasteiger partial charge in [0.05, 0.1) is 0 Å². The highest BCUT2D eigenvalue weighted by Crippen LogP contribution is 1.98. The van der Waals surface area contributed by atoms with E-state index >= 15 is 0 Å². The summed E-state index contributed by atoms with van der Waals surface area (Å²) in [5.74, 6) is 0. The molecule has 0 spiro atoms. The second-order valence-electron chi connectivity index (χ2n) is 2.19. The Morgan fingerprint density at radius 3 is 3.11 bits per heavy atom. The third-order valence-corrected chi connectivity index (χ3v) is 1.53. The van der Waals surface area contributed by atoms with E-state index in [1.807, 2.05) is 0 Å². The summed E-state index contributed by atoms with van der Waals surface area (Å²) in [7, 11) is 0. The predicted molar refractivity (Wildman–Crippen MR) is 40.1 cm³/mol. The van der Waals surface area contributed by atoms with Gasteiger partial charge in [0.1, 0.15) is 0 Å². The Bertz CT molecular complexity index is 125. The Morgan fingerprint density at radius 2 is 2.33 bits per heavy atom. The van der Waals surface area contributed by atoms with Crippen LogP contribution in [0.15, 0.2) is 24.4 Å². The Kier molecular flexibility index (Phi) is 2.37. The molecule has 0 bridgehead atoms. The topological polar surface area (TPSA) is 3.24 Å². The molecule has 0 atom stereocenters. The van der Waals surface area contributed by atoms with Gasteiger partial charge in [0.25, 0.3) is 0 Å². The number of hydrogen-bond acceptors (Lipinski definition) is 1. The lowest BCUT2D eigenvalue weighted by molar-refractivity contribution is 0.406. The first kappa shape index (κ1) is 6.40. The van der Waals surface area contributed by atoms with Crippen LogP contribution < -0.4 is 0 Å². The first-order valence-corrected chi connectivity index (χ1v) is 3.51. The monoisotopic (exact) mass is 123 g/mol. The molecular weight excluding hydrogens is 110 g/mol. The highest BCUT2D eigenvalue weighted by molar-refractivity contribution is 5.04. The fourth-order valence-electron chi connectivity index (χ4n) is 0.925. The molecule has 50 valence electrons. The van der Waals surface area contributed by atoms with Crippen molar-refractivity contribution in [1.82, 2.24) is 4.90 Å². The van der Waals surface area contributed by atoms with E-state index in [1.165, 1.54) is 13.0 Å². The molecule has 0 radical (unpaired) electrons. The molecule has 0 aromatic heterocycles. The first-order valence-electron chi connectivity index (χ1n) is 3.51. The molecule has 9 heavy (non-hydrogen) atoms. The largest absolute Gasteiger partial charge is 0.377 e. The summed E-state index contributed by atoms with van der Waals surface area (Å²) in [6, 6.07) is 0. The molecule has 1 heteroatoms. The van der Waals surface area contributed by atoms with Gasteiger partial charge < -0.3 is 4.90 Å². The predicted octanol–water partition coefficient (Wildman–Crippen LogP) is 1.78. The third-order valence-electron chi connectivity index (χ3n) is 1.53. The maximum Gasteiger partial charge on any atom is 0.0207 e. The zero-order chi connectivity index (χ0) is 6.53. The average molecular weight is 123 g/mol. The fraction of sp³-hybridized carbons (Fsp3) is 0.500. The van der Waals surface area contributed by atoms with Crippen LogP contribution in [0.2, 0.25) is 0 Å². The van der Waals surface area contributed by atoms with E-state index in [-0.39, 0.29) is 0 Å². The van der Waals surface area contributed by atoms with Gasteiger partial charge in [-0.15, -0.1) is 0 Å². The van der Waals surface area contributed by atoms with Gasteiger partial charge in [0.15, 0.2) is 0 Å². The smallest absolute Gasteiger partial charge is 0.0207 e. The number of allylic oxidation sites excluding steroid dienone is 2. The van der Waals surface area contributed by atoms with Crippen molar-refractivity contribution in [2.45, 2.75) is 13.3 Å². The van der Waals surface area contributed by atoms with Gasteiger partial charge in [-0.2, -0.15) is 0 Å². The molecule has 0 aromatic carbocycles. The molecule has 0 amide bonds. The maximum atomic E-state index is 2.31. The second kappa shape index (κ2) is 3.33. The minimum Gasteiger partial charge on any atom is -0.377 e. The van der Waals surface area contributed by atoms with Crippen LogP contribution >= 0.6 is 0 Å². The van der Waals surface area contributed by atoms with Crippen molar-refractivity contribution in [2.75, 3.05) is 13.1 Å². The van der Waals surface area contributed by atoms with E-state index < -0.39 is 0 Å². The van der Waals surface area contributed by atoms with Crippen LogP contribution in [0.4, 0.5) is 0 Å². The Balaban J connectivity index is 2.41. The minimum atomic E-state index is 1.12. The van der Waals surface area contributed by atoms with Crippen molar-refractivity contribution in [1.29, 1.82) is 0 Å². The van der Waals surface area contributed by atoms with Crippen LogP contribution in [0.5, 0.6) is 0 Å². The Labute approximate surface area is 56.7 Å². The van der Waals surface area contributed by atoms with Gasteiger partial charge in [-0.3, -0.25) is 0 Å². The van der Waals surface area contributed by atoms with Crippen molar-refractivity contribution >= 4 is 0 Å². The van der Waals surface area contributed by atoms with E-state index in [1.54, 1.807) is 0 Å². The second-order valence-corrected chi connectivity index (χ2v) is 2.19. The van der Waals surface area contributed by atoms with Crippen LogP contribution in [0.1, 0.15) is 13.3 Å². The Hall–Kier alpha value is -0.720. The summed E-state index contributed by atoms with van der Waals surface area (Å²) >= 11 is 0. The molecule has 0 unspecified atom stereocenters. The average Bonchev–Trinajstić information content (AvgIpc) is 2.13. The summed E-state index contributed by atoms with van der Waals surface area (Å²) in [6.07, 6.45) is 9.72. The van der Waals surface area contributed by atoms with Gasteiger partial charge in [0.2, 0.25) is 0 Å². The fourth-order valence-corrected chi connectivity index (χ4v) is 0.925. The van der Waals surface area contributed by atoms with Gasteiger partial charge in [-0.1, -0.05) is 12.2 Å².